The highest BCUT2D eigenvalue weighted by atomic mass is 16.5. The molecule has 0 saturated carbocycles. The Morgan fingerprint density at radius 2 is 2.26 bits per heavy atom. The van der Waals surface area contributed by atoms with Crippen LogP contribution in [0.15, 0.2) is 12.5 Å². The number of rotatable bonds is 6. The van der Waals surface area contributed by atoms with Crippen LogP contribution in [-0.2, 0) is 18.3 Å². The maximum Gasteiger partial charge on any atom is 0.203 e. The predicted octanol–water partition coefficient (Wildman–Crippen LogP) is 1.14. The number of imidazole rings is 1. The third-order valence-electron chi connectivity index (χ3n) is 2.95. The maximum atomic E-state index is 5.19. The molecule has 2 rings (SSSR count). The molecule has 0 saturated heterocycles. The summed E-state index contributed by atoms with van der Waals surface area (Å²) in [5, 5.41) is 11.2. The molecule has 0 aliphatic rings. The smallest absolute Gasteiger partial charge is 0.203 e. The van der Waals surface area contributed by atoms with Gasteiger partial charge in [0.2, 0.25) is 5.95 Å². The van der Waals surface area contributed by atoms with Gasteiger partial charge in [0.25, 0.3) is 0 Å². The first kappa shape index (κ1) is 13.5. The summed E-state index contributed by atoms with van der Waals surface area (Å²) in [4.78, 5) is 4.48. The first-order valence-corrected chi connectivity index (χ1v) is 6.23. The Morgan fingerprint density at radius 3 is 2.89 bits per heavy atom. The van der Waals surface area contributed by atoms with Gasteiger partial charge in [-0.05, 0) is 13.8 Å². The Hall–Kier alpha value is -1.89. The molecule has 0 aliphatic carbocycles. The van der Waals surface area contributed by atoms with Crippen molar-refractivity contribution in [1.29, 1.82) is 0 Å². The molecule has 1 atom stereocenters. The van der Waals surface area contributed by atoms with E-state index in [4.69, 9.17) is 4.74 Å². The first-order valence-electron chi connectivity index (χ1n) is 6.23. The van der Waals surface area contributed by atoms with E-state index in [9.17, 15) is 0 Å². The van der Waals surface area contributed by atoms with Crippen LogP contribution >= 0.6 is 0 Å². The van der Waals surface area contributed by atoms with E-state index in [1.54, 1.807) is 13.4 Å². The van der Waals surface area contributed by atoms with E-state index in [0.717, 1.165) is 17.5 Å². The molecule has 7 heteroatoms. The van der Waals surface area contributed by atoms with Crippen LogP contribution in [0.4, 0.5) is 5.95 Å². The molecule has 7 nitrogen and oxygen atoms in total. The zero-order valence-electron chi connectivity index (χ0n) is 11.8. The molecule has 0 radical (unpaired) electrons. The SMILES string of the molecule is COCC(C)n1cc(C)nc1NCc1nncn1C. The number of hydrogen-bond acceptors (Lipinski definition) is 5. The number of ether oxygens (including phenoxy) is 1. The van der Waals surface area contributed by atoms with Crippen LogP contribution < -0.4 is 5.32 Å². The number of aryl methyl sites for hydroxylation is 2. The van der Waals surface area contributed by atoms with Crippen molar-refractivity contribution in [2.45, 2.75) is 26.4 Å². The van der Waals surface area contributed by atoms with E-state index < -0.39 is 0 Å². The number of aromatic nitrogens is 5. The lowest BCUT2D eigenvalue weighted by Crippen LogP contribution is -2.15. The summed E-state index contributed by atoms with van der Waals surface area (Å²) >= 11 is 0. The number of anilines is 1. The van der Waals surface area contributed by atoms with Crippen molar-refractivity contribution in [3.63, 3.8) is 0 Å². The largest absolute Gasteiger partial charge is 0.383 e. The fourth-order valence-corrected chi connectivity index (χ4v) is 1.93. The Balaban J connectivity index is 2.09. The van der Waals surface area contributed by atoms with E-state index >= 15 is 0 Å². The fraction of sp³-hybridized carbons (Fsp3) is 0.583. The third-order valence-corrected chi connectivity index (χ3v) is 2.95. The highest BCUT2D eigenvalue weighted by molar-refractivity contribution is 5.29. The summed E-state index contributed by atoms with van der Waals surface area (Å²) in [5.74, 6) is 1.69. The Kier molecular flexibility index (Phi) is 4.16. The van der Waals surface area contributed by atoms with E-state index in [1.807, 2.05) is 24.7 Å². The van der Waals surface area contributed by atoms with Gasteiger partial charge in [-0.3, -0.25) is 0 Å². The van der Waals surface area contributed by atoms with Crippen molar-refractivity contribution < 1.29 is 4.74 Å². The number of nitrogens with one attached hydrogen (secondary N) is 1. The second-order valence-electron chi connectivity index (χ2n) is 4.63. The minimum atomic E-state index is 0.230. The molecule has 2 aromatic heterocycles. The van der Waals surface area contributed by atoms with Crippen LogP contribution in [0.5, 0.6) is 0 Å². The molecule has 0 amide bonds. The molecule has 0 fully saturated rings. The predicted molar refractivity (Wildman–Crippen MR) is 71.9 cm³/mol. The van der Waals surface area contributed by atoms with Crippen LogP contribution in [0.2, 0.25) is 0 Å². The lowest BCUT2D eigenvalue weighted by atomic mass is 10.3. The summed E-state index contributed by atoms with van der Waals surface area (Å²) in [6.45, 7) is 5.31. The molecule has 2 aromatic rings. The lowest BCUT2D eigenvalue weighted by Gasteiger charge is -2.15. The van der Waals surface area contributed by atoms with Crippen molar-refractivity contribution in [2.75, 3.05) is 19.0 Å². The normalized spacial score (nSPS) is 12.6. The standard InChI is InChI=1S/C12H20N6O/c1-9-6-18(10(2)7-19-4)12(15-9)13-5-11-16-14-8-17(11)3/h6,8,10H,5,7H2,1-4H3,(H,13,15). The second-order valence-corrected chi connectivity index (χ2v) is 4.63. The number of methoxy groups -OCH3 is 1. The molecule has 1 N–H and O–H groups in total. The zero-order valence-corrected chi connectivity index (χ0v) is 11.8. The monoisotopic (exact) mass is 264 g/mol. The van der Waals surface area contributed by atoms with Crippen molar-refractivity contribution in [3.8, 4) is 0 Å². The van der Waals surface area contributed by atoms with Gasteiger partial charge in [0.1, 0.15) is 6.33 Å². The average molecular weight is 264 g/mol. The average Bonchev–Trinajstić information content (AvgIpc) is 2.93. The van der Waals surface area contributed by atoms with Crippen molar-refractivity contribution in [1.82, 2.24) is 24.3 Å². The van der Waals surface area contributed by atoms with E-state index in [2.05, 4.69) is 32.0 Å². The summed E-state index contributed by atoms with van der Waals surface area (Å²) < 4.78 is 9.15. The maximum absolute atomic E-state index is 5.19. The molecule has 19 heavy (non-hydrogen) atoms. The molecular formula is C12H20N6O. The summed E-state index contributed by atoms with van der Waals surface area (Å²) in [6, 6.07) is 0.230. The summed E-state index contributed by atoms with van der Waals surface area (Å²) in [7, 11) is 3.62. The lowest BCUT2D eigenvalue weighted by molar-refractivity contribution is 0.163. The van der Waals surface area contributed by atoms with Gasteiger partial charge in [-0.25, -0.2) is 4.98 Å². The molecule has 0 spiro atoms. The van der Waals surface area contributed by atoms with E-state index in [0.29, 0.717) is 13.2 Å². The molecule has 0 aliphatic heterocycles. The van der Waals surface area contributed by atoms with Crippen molar-refractivity contribution >= 4 is 5.95 Å². The van der Waals surface area contributed by atoms with Crippen molar-refractivity contribution in [2.24, 2.45) is 7.05 Å². The van der Waals surface area contributed by atoms with Gasteiger partial charge in [0.15, 0.2) is 5.82 Å². The Morgan fingerprint density at radius 1 is 1.47 bits per heavy atom. The summed E-state index contributed by atoms with van der Waals surface area (Å²) in [5.41, 5.74) is 0.975. The fourth-order valence-electron chi connectivity index (χ4n) is 1.93. The van der Waals surface area contributed by atoms with E-state index in [1.165, 1.54) is 0 Å². The van der Waals surface area contributed by atoms with Gasteiger partial charge in [0.05, 0.1) is 24.9 Å². The molecule has 104 valence electrons. The van der Waals surface area contributed by atoms with Gasteiger partial charge >= 0.3 is 0 Å². The van der Waals surface area contributed by atoms with Gasteiger partial charge in [-0.15, -0.1) is 10.2 Å². The second kappa shape index (κ2) is 5.83. The van der Waals surface area contributed by atoms with Gasteiger partial charge in [-0.1, -0.05) is 0 Å². The van der Waals surface area contributed by atoms with E-state index in [-0.39, 0.29) is 6.04 Å². The van der Waals surface area contributed by atoms with Gasteiger partial charge in [-0.2, -0.15) is 0 Å². The van der Waals surface area contributed by atoms with Crippen LogP contribution in [-0.4, -0.2) is 38.0 Å². The highest BCUT2D eigenvalue weighted by Crippen LogP contribution is 2.16. The highest BCUT2D eigenvalue weighted by Gasteiger charge is 2.12. The topological polar surface area (TPSA) is 69.8 Å². The van der Waals surface area contributed by atoms with Crippen LogP contribution in [0.3, 0.4) is 0 Å². The summed E-state index contributed by atoms with van der Waals surface area (Å²) in [6.07, 6.45) is 3.70. The molecule has 0 aromatic carbocycles. The Bertz CT molecular complexity index is 532. The van der Waals surface area contributed by atoms with Gasteiger partial charge in [0, 0.05) is 20.4 Å². The first-order chi connectivity index (χ1) is 9.11. The molecule has 2 heterocycles. The van der Waals surface area contributed by atoms with Gasteiger partial charge < -0.3 is 19.2 Å². The molecule has 0 bridgehead atoms. The Labute approximate surface area is 112 Å². The number of nitrogens with zero attached hydrogens (tertiary/aromatic N) is 5. The third kappa shape index (κ3) is 3.11. The number of hydrogen-bond donors (Lipinski definition) is 1. The minimum Gasteiger partial charge on any atom is -0.383 e. The molecule has 1 unspecified atom stereocenters. The van der Waals surface area contributed by atoms with Crippen molar-refractivity contribution in [3.05, 3.63) is 24.0 Å². The minimum absolute atomic E-state index is 0.230. The van der Waals surface area contributed by atoms with Crippen LogP contribution in [0, 0.1) is 6.92 Å². The zero-order chi connectivity index (χ0) is 13.8. The molecular weight excluding hydrogens is 244 g/mol. The van der Waals surface area contributed by atoms with Crippen LogP contribution in [0.1, 0.15) is 24.5 Å². The quantitative estimate of drug-likeness (QED) is 0.847. The van der Waals surface area contributed by atoms with Crippen LogP contribution in [0.25, 0.3) is 0 Å².